The minimum atomic E-state index is -0.438. The van der Waals surface area contributed by atoms with E-state index in [2.05, 4.69) is 0 Å². The number of carbonyl (C=O) groups excluding carboxylic acids is 2. The Morgan fingerprint density at radius 2 is 2.07 bits per heavy atom. The number of rotatable bonds is 9. The molecule has 4 nitrogen and oxygen atoms in total. The number of Topliss-reactive ketones (excluding diaryl/α,β-unsaturated/α-hetero) is 1. The second-order valence-electron chi connectivity index (χ2n) is 6.93. The van der Waals surface area contributed by atoms with Gasteiger partial charge in [0.15, 0.2) is 5.78 Å². The second-order valence-corrected chi connectivity index (χ2v) is 9.62. The standard InChI is InChI=1S/C20H25FN2O2S2/c21-17-4-2-1-3-15(17)13-23-10-7-18(27-26-12-9-22)16(8-11-24)19(23)20(25)14-5-6-14/h1-4,8,11,14,18-19H,5-7,9-10,12-13,22H2/b16-8+. The van der Waals surface area contributed by atoms with Crippen molar-refractivity contribution in [1.82, 2.24) is 4.90 Å². The first-order valence-electron chi connectivity index (χ1n) is 9.30. The molecular formula is C20H25FN2O2S2. The molecule has 1 aromatic rings. The van der Waals surface area contributed by atoms with Crippen molar-refractivity contribution in [3.63, 3.8) is 0 Å². The van der Waals surface area contributed by atoms with Gasteiger partial charge in [-0.15, -0.1) is 0 Å². The molecule has 0 radical (unpaired) electrons. The number of halogens is 1. The van der Waals surface area contributed by atoms with Crippen molar-refractivity contribution in [3.8, 4) is 0 Å². The van der Waals surface area contributed by atoms with Gasteiger partial charge in [0, 0.05) is 42.1 Å². The summed E-state index contributed by atoms with van der Waals surface area (Å²) >= 11 is 0. The predicted molar refractivity (Wildman–Crippen MR) is 110 cm³/mol. The second kappa shape index (κ2) is 9.87. The zero-order valence-electron chi connectivity index (χ0n) is 15.2. The number of nitrogens with two attached hydrogens (primary N) is 1. The van der Waals surface area contributed by atoms with E-state index >= 15 is 0 Å². The predicted octanol–water partition coefficient (Wildman–Crippen LogP) is 3.21. The largest absolute Gasteiger partial charge is 0.330 e. The van der Waals surface area contributed by atoms with Crippen LogP contribution in [0.3, 0.4) is 0 Å². The molecule has 0 amide bonds. The fourth-order valence-corrected chi connectivity index (χ4v) is 6.04. The molecule has 1 saturated heterocycles. The maximum absolute atomic E-state index is 14.2. The third-order valence-corrected chi connectivity index (χ3v) is 7.84. The highest BCUT2D eigenvalue weighted by molar-refractivity contribution is 8.77. The van der Waals surface area contributed by atoms with Crippen LogP contribution in [-0.2, 0) is 16.1 Å². The number of carbonyl (C=O) groups is 2. The molecule has 2 fully saturated rings. The van der Waals surface area contributed by atoms with E-state index in [1.54, 1.807) is 39.8 Å². The van der Waals surface area contributed by atoms with Crippen LogP contribution in [0, 0.1) is 11.7 Å². The van der Waals surface area contributed by atoms with E-state index in [9.17, 15) is 14.0 Å². The first kappa shape index (κ1) is 20.6. The lowest BCUT2D eigenvalue weighted by atomic mass is 9.89. The van der Waals surface area contributed by atoms with E-state index in [0.29, 0.717) is 25.2 Å². The third-order valence-electron chi connectivity index (χ3n) is 4.96. The quantitative estimate of drug-likeness (QED) is 0.293. The van der Waals surface area contributed by atoms with E-state index in [-0.39, 0.29) is 22.8 Å². The summed E-state index contributed by atoms with van der Waals surface area (Å²) in [5.74, 6) is 0.823. The van der Waals surface area contributed by atoms with Crippen molar-refractivity contribution in [3.05, 3.63) is 47.3 Å². The van der Waals surface area contributed by atoms with Crippen molar-refractivity contribution >= 4 is 33.7 Å². The molecule has 1 heterocycles. The van der Waals surface area contributed by atoms with Crippen molar-refractivity contribution in [2.75, 3.05) is 18.8 Å². The summed E-state index contributed by atoms with van der Waals surface area (Å²) in [6.07, 6.45) is 4.98. The molecule has 2 N–H and O–H groups in total. The topological polar surface area (TPSA) is 63.4 Å². The molecule has 146 valence electrons. The molecule has 1 aromatic carbocycles. The van der Waals surface area contributed by atoms with Crippen molar-refractivity contribution in [2.45, 2.75) is 37.1 Å². The molecular weight excluding hydrogens is 383 g/mol. The molecule has 2 unspecified atom stereocenters. The van der Waals surface area contributed by atoms with Gasteiger partial charge in [0.2, 0.25) is 0 Å². The Morgan fingerprint density at radius 3 is 2.74 bits per heavy atom. The Balaban J connectivity index is 1.84. The summed E-state index contributed by atoms with van der Waals surface area (Å²) in [5, 5.41) is 0.108. The monoisotopic (exact) mass is 408 g/mol. The van der Waals surface area contributed by atoms with E-state index in [4.69, 9.17) is 5.73 Å². The molecule has 27 heavy (non-hydrogen) atoms. The van der Waals surface area contributed by atoms with Gasteiger partial charge < -0.3 is 5.73 Å². The van der Waals surface area contributed by atoms with Crippen LogP contribution in [0.15, 0.2) is 35.9 Å². The summed E-state index contributed by atoms with van der Waals surface area (Å²) in [7, 11) is 3.37. The number of nitrogens with zero attached hydrogens (tertiary/aromatic N) is 1. The Labute approximate surface area is 167 Å². The molecule has 1 saturated carbocycles. The van der Waals surface area contributed by atoms with Crippen LogP contribution >= 0.6 is 21.6 Å². The van der Waals surface area contributed by atoms with Crippen molar-refractivity contribution < 1.29 is 14.0 Å². The fourth-order valence-electron chi connectivity index (χ4n) is 3.48. The highest BCUT2D eigenvalue weighted by Crippen LogP contribution is 2.42. The zero-order valence-corrected chi connectivity index (χ0v) is 16.8. The van der Waals surface area contributed by atoms with Crippen LogP contribution in [0.1, 0.15) is 24.8 Å². The van der Waals surface area contributed by atoms with Gasteiger partial charge in [0.05, 0.1) is 6.04 Å². The molecule has 2 aliphatic rings. The minimum absolute atomic E-state index is 0.0774. The Bertz CT molecular complexity index is 709. The lowest BCUT2D eigenvalue weighted by molar-refractivity contribution is -0.125. The van der Waals surface area contributed by atoms with Crippen LogP contribution in [0.2, 0.25) is 0 Å². The van der Waals surface area contributed by atoms with Crippen LogP contribution in [0.25, 0.3) is 0 Å². The van der Waals surface area contributed by atoms with Gasteiger partial charge >= 0.3 is 0 Å². The molecule has 2 atom stereocenters. The van der Waals surface area contributed by atoms with Gasteiger partial charge in [-0.2, -0.15) is 0 Å². The number of ketones is 1. The smallest absolute Gasteiger partial charge is 0.157 e. The molecule has 0 bridgehead atoms. The third kappa shape index (κ3) is 5.22. The summed E-state index contributed by atoms with van der Waals surface area (Å²) in [5.41, 5.74) is 7.02. The van der Waals surface area contributed by atoms with Gasteiger partial charge in [-0.25, -0.2) is 4.39 Å². The number of piperidine rings is 1. The van der Waals surface area contributed by atoms with Gasteiger partial charge in [-0.3, -0.25) is 14.5 Å². The molecule has 1 aliphatic carbocycles. The highest BCUT2D eigenvalue weighted by atomic mass is 33.1. The lowest BCUT2D eigenvalue weighted by Gasteiger charge is -2.40. The molecule has 1 aliphatic heterocycles. The van der Waals surface area contributed by atoms with Gasteiger partial charge in [0.1, 0.15) is 12.1 Å². The number of hydrogen-bond acceptors (Lipinski definition) is 6. The normalized spacial score (nSPS) is 24.9. The molecule has 0 aromatic heterocycles. The highest BCUT2D eigenvalue weighted by Gasteiger charge is 2.43. The first-order valence-corrected chi connectivity index (χ1v) is 11.7. The Hall–Kier alpha value is -1.15. The van der Waals surface area contributed by atoms with Gasteiger partial charge in [-0.1, -0.05) is 39.8 Å². The fraction of sp³-hybridized carbons (Fsp3) is 0.500. The molecule has 0 spiro atoms. The Kier molecular flexibility index (Phi) is 7.52. The van der Waals surface area contributed by atoms with E-state index in [1.807, 2.05) is 11.0 Å². The zero-order chi connectivity index (χ0) is 19.2. The number of aldehydes is 1. The van der Waals surface area contributed by atoms with E-state index < -0.39 is 6.04 Å². The molecule has 7 heteroatoms. The average Bonchev–Trinajstić information content (AvgIpc) is 3.50. The number of benzene rings is 1. The summed E-state index contributed by atoms with van der Waals surface area (Å²) in [4.78, 5) is 26.4. The van der Waals surface area contributed by atoms with Crippen molar-refractivity contribution in [2.24, 2.45) is 11.7 Å². The van der Waals surface area contributed by atoms with Crippen LogP contribution in [-0.4, -0.2) is 47.1 Å². The van der Waals surface area contributed by atoms with Gasteiger partial charge in [0.25, 0.3) is 0 Å². The average molecular weight is 409 g/mol. The van der Waals surface area contributed by atoms with E-state index in [1.165, 1.54) is 6.07 Å². The summed E-state index contributed by atoms with van der Waals surface area (Å²) in [6, 6.07) is 6.24. The van der Waals surface area contributed by atoms with Crippen LogP contribution in [0.5, 0.6) is 0 Å². The maximum atomic E-state index is 14.2. The summed E-state index contributed by atoms with van der Waals surface area (Å²) < 4.78 is 14.2. The van der Waals surface area contributed by atoms with Crippen LogP contribution in [0.4, 0.5) is 4.39 Å². The molecule has 3 rings (SSSR count). The van der Waals surface area contributed by atoms with Crippen LogP contribution < -0.4 is 5.73 Å². The SMILES string of the molecule is NCCSSC1CCN(Cc2ccccc2F)C(C(=O)C2CC2)/C1=C/C=O. The van der Waals surface area contributed by atoms with E-state index in [0.717, 1.165) is 36.9 Å². The van der Waals surface area contributed by atoms with Gasteiger partial charge in [-0.05, 0) is 37.0 Å². The maximum Gasteiger partial charge on any atom is 0.157 e. The minimum Gasteiger partial charge on any atom is -0.330 e. The Morgan fingerprint density at radius 1 is 1.30 bits per heavy atom. The number of hydrogen-bond donors (Lipinski definition) is 1. The number of allylic oxidation sites excluding steroid dienone is 1. The first-order chi connectivity index (χ1) is 13.2. The lowest BCUT2D eigenvalue weighted by Crippen LogP contribution is -2.50. The van der Waals surface area contributed by atoms with Crippen molar-refractivity contribution in [1.29, 1.82) is 0 Å². The summed E-state index contributed by atoms with van der Waals surface area (Å²) in [6.45, 7) is 1.68. The number of likely N-dealkylation sites (tertiary alicyclic amines) is 1.